The summed E-state index contributed by atoms with van der Waals surface area (Å²) in [5.41, 5.74) is 2.17. The number of aromatic nitrogens is 2. The van der Waals surface area contributed by atoms with Gasteiger partial charge in [-0.15, -0.1) is 0 Å². The van der Waals surface area contributed by atoms with Gasteiger partial charge in [-0.25, -0.2) is 0 Å². The highest BCUT2D eigenvalue weighted by atomic mass is 16.5. The van der Waals surface area contributed by atoms with Gasteiger partial charge in [0.25, 0.3) is 0 Å². The van der Waals surface area contributed by atoms with Crippen LogP contribution in [0.25, 0.3) is 0 Å². The monoisotopic (exact) mass is 294 g/mol. The zero-order valence-corrected chi connectivity index (χ0v) is 13.3. The fourth-order valence-electron chi connectivity index (χ4n) is 2.60. The summed E-state index contributed by atoms with van der Waals surface area (Å²) in [6.45, 7) is 8.00. The predicted molar refractivity (Wildman–Crippen MR) is 81.2 cm³/mol. The summed E-state index contributed by atoms with van der Waals surface area (Å²) in [5, 5.41) is 7.35. The normalized spacial score (nSPS) is 19.7. The first-order chi connectivity index (χ1) is 10.0. The molecule has 1 amide bonds. The Kier molecular flexibility index (Phi) is 5.76. The summed E-state index contributed by atoms with van der Waals surface area (Å²) in [7, 11) is 2.08. The van der Waals surface area contributed by atoms with Crippen LogP contribution in [0.15, 0.2) is 6.07 Å². The Bertz CT molecular complexity index is 472. The average molecular weight is 294 g/mol. The van der Waals surface area contributed by atoms with Gasteiger partial charge in [-0.3, -0.25) is 9.48 Å². The van der Waals surface area contributed by atoms with Gasteiger partial charge in [-0.1, -0.05) is 0 Å². The number of carbonyl (C=O) groups is 1. The molecular formula is C15H26N4O2. The van der Waals surface area contributed by atoms with Gasteiger partial charge in [0, 0.05) is 38.3 Å². The maximum absolute atomic E-state index is 11.8. The summed E-state index contributed by atoms with van der Waals surface area (Å²) in [6.07, 6.45) is 1.45. The average Bonchev–Trinajstić information content (AvgIpc) is 2.75. The van der Waals surface area contributed by atoms with Gasteiger partial charge < -0.3 is 15.0 Å². The van der Waals surface area contributed by atoms with E-state index in [-0.39, 0.29) is 12.0 Å². The highest BCUT2D eigenvalue weighted by Crippen LogP contribution is 2.04. The molecule has 0 aliphatic carbocycles. The number of nitrogens with zero attached hydrogens (tertiary/aromatic N) is 3. The minimum atomic E-state index is 0.0911. The lowest BCUT2D eigenvalue weighted by Gasteiger charge is -2.30. The van der Waals surface area contributed by atoms with Gasteiger partial charge in [0.2, 0.25) is 5.91 Å². The fraction of sp³-hybridized carbons (Fsp3) is 0.733. The molecule has 0 spiro atoms. The van der Waals surface area contributed by atoms with Crippen molar-refractivity contribution in [3.63, 3.8) is 0 Å². The molecule has 6 nitrogen and oxygen atoms in total. The number of nitrogens with one attached hydrogen (secondary N) is 1. The molecule has 21 heavy (non-hydrogen) atoms. The first-order valence-corrected chi connectivity index (χ1v) is 7.62. The lowest BCUT2D eigenvalue weighted by Crippen LogP contribution is -2.45. The molecular weight excluding hydrogens is 268 g/mol. The van der Waals surface area contributed by atoms with Gasteiger partial charge in [0.15, 0.2) is 0 Å². The smallest absolute Gasteiger partial charge is 0.220 e. The van der Waals surface area contributed by atoms with Gasteiger partial charge >= 0.3 is 0 Å². The minimum absolute atomic E-state index is 0.0911. The molecule has 1 aromatic heterocycles. The number of amides is 1. The SMILES string of the molecule is Cc1cc(C)n(CCCC(=O)NCC2CN(C)CCO2)n1. The van der Waals surface area contributed by atoms with Crippen LogP contribution < -0.4 is 5.32 Å². The Morgan fingerprint density at radius 3 is 3.00 bits per heavy atom. The molecule has 1 saturated heterocycles. The standard InChI is InChI=1S/C15H26N4O2/c1-12-9-13(2)19(17-12)6-4-5-15(20)16-10-14-11-18(3)7-8-21-14/h9,14H,4-8,10-11H2,1-3H3,(H,16,20). The molecule has 1 unspecified atom stereocenters. The van der Waals surface area contributed by atoms with Crippen molar-refractivity contribution in [3.8, 4) is 0 Å². The third-order valence-corrected chi connectivity index (χ3v) is 3.75. The molecule has 1 aliphatic heterocycles. The summed E-state index contributed by atoms with van der Waals surface area (Å²) in [5.74, 6) is 0.0911. The Morgan fingerprint density at radius 2 is 2.33 bits per heavy atom. The molecule has 1 aliphatic rings. The summed E-state index contributed by atoms with van der Waals surface area (Å²) >= 11 is 0. The highest BCUT2D eigenvalue weighted by Gasteiger charge is 2.18. The third kappa shape index (κ3) is 5.13. The van der Waals surface area contributed by atoms with Crippen LogP contribution in [0.4, 0.5) is 0 Å². The maximum Gasteiger partial charge on any atom is 0.220 e. The maximum atomic E-state index is 11.8. The third-order valence-electron chi connectivity index (χ3n) is 3.75. The Morgan fingerprint density at radius 1 is 1.52 bits per heavy atom. The van der Waals surface area contributed by atoms with Crippen LogP contribution in [0, 0.1) is 13.8 Å². The highest BCUT2D eigenvalue weighted by molar-refractivity contribution is 5.75. The lowest BCUT2D eigenvalue weighted by atomic mass is 10.2. The molecule has 1 aromatic rings. The Balaban J connectivity index is 1.62. The largest absolute Gasteiger partial charge is 0.374 e. The van der Waals surface area contributed by atoms with Crippen LogP contribution in [0.5, 0.6) is 0 Å². The lowest BCUT2D eigenvalue weighted by molar-refractivity contribution is -0.122. The van der Waals surface area contributed by atoms with E-state index in [4.69, 9.17) is 4.74 Å². The van der Waals surface area contributed by atoms with Crippen molar-refractivity contribution >= 4 is 5.91 Å². The van der Waals surface area contributed by atoms with Crippen molar-refractivity contribution in [1.29, 1.82) is 0 Å². The van der Waals surface area contributed by atoms with E-state index in [2.05, 4.69) is 28.4 Å². The van der Waals surface area contributed by atoms with Crippen LogP contribution in [-0.2, 0) is 16.1 Å². The zero-order chi connectivity index (χ0) is 15.2. The molecule has 118 valence electrons. The van der Waals surface area contributed by atoms with E-state index in [9.17, 15) is 4.79 Å². The molecule has 2 rings (SSSR count). The van der Waals surface area contributed by atoms with Crippen molar-refractivity contribution in [3.05, 3.63) is 17.5 Å². The number of morpholine rings is 1. The van der Waals surface area contributed by atoms with Crippen molar-refractivity contribution in [1.82, 2.24) is 20.0 Å². The van der Waals surface area contributed by atoms with Crippen molar-refractivity contribution in [2.75, 3.05) is 33.3 Å². The number of rotatable bonds is 6. The van der Waals surface area contributed by atoms with Crippen molar-refractivity contribution in [2.24, 2.45) is 0 Å². The molecule has 6 heteroatoms. The summed E-state index contributed by atoms with van der Waals surface area (Å²) in [4.78, 5) is 14.1. The molecule has 1 fully saturated rings. The van der Waals surface area contributed by atoms with Crippen LogP contribution in [0.2, 0.25) is 0 Å². The second-order valence-corrected chi connectivity index (χ2v) is 5.81. The predicted octanol–water partition coefficient (Wildman–Crippen LogP) is 0.727. The molecule has 0 radical (unpaired) electrons. The van der Waals surface area contributed by atoms with Gasteiger partial charge in [-0.2, -0.15) is 5.10 Å². The molecule has 2 heterocycles. The van der Waals surface area contributed by atoms with Crippen LogP contribution in [0.1, 0.15) is 24.2 Å². The molecule has 0 bridgehead atoms. The topological polar surface area (TPSA) is 59.4 Å². The fourth-order valence-corrected chi connectivity index (χ4v) is 2.60. The summed E-state index contributed by atoms with van der Waals surface area (Å²) < 4.78 is 7.58. The first-order valence-electron chi connectivity index (χ1n) is 7.62. The van der Waals surface area contributed by atoms with Crippen LogP contribution in [0.3, 0.4) is 0 Å². The quantitative estimate of drug-likeness (QED) is 0.840. The number of carbonyl (C=O) groups excluding carboxylic acids is 1. The number of aryl methyl sites for hydroxylation is 3. The number of ether oxygens (including phenoxy) is 1. The van der Waals surface area contributed by atoms with Crippen molar-refractivity contribution < 1.29 is 9.53 Å². The van der Waals surface area contributed by atoms with Crippen molar-refractivity contribution in [2.45, 2.75) is 39.3 Å². The minimum Gasteiger partial charge on any atom is -0.374 e. The Labute approximate surface area is 126 Å². The molecule has 0 saturated carbocycles. The van der Waals surface area contributed by atoms with E-state index in [1.54, 1.807) is 0 Å². The molecule has 1 N–H and O–H groups in total. The number of hydrogen-bond donors (Lipinski definition) is 1. The van der Waals surface area contributed by atoms with E-state index < -0.39 is 0 Å². The second kappa shape index (κ2) is 7.56. The first kappa shape index (κ1) is 16.0. The van der Waals surface area contributed by atoms with Crippen LogP contribution in [-0.4, -0.2) is 60.0 Å². The van der Waals surface area contributed by atoms with Crippen LogP contribution >= 0.6 is 0 Å². The van der Waals surface area contributed by atoms with E-state index in [0.717, 1.165) is 44.0 Å². The molecule has 1 atom stereocenters. The van der Waals surface area contributed by atoms with E-state index >= 15 is 0 Å². The van der Waals surface area contributed by atoms with E-state index in [1.165, 1.54) is 0 Å². The molecule has 0 aromatic carbocycles. The van der Waals surface area contributed by atoms with Gasteiger partial charge in [0.1, 0.15) is 0 Å². The van der Waals surface area contributed by atoms with Gasteiger partial charge in [-0.05, 0) is 33.4 Å². The summed E-state index contributed by atoms with van der Waals surface area (Å²) in [6, 6.07) is 2.05. The number of likely N-dealkylation sites (N-methyl/N-ethyl adjacent to an activating group) is 1. The van der Waals surface area contributed by atoms with E-state index in [1.807, 2.05) is 18.5 Å². The van der Waals surface area contributed by atoms with Gasteiger partial charge in [0.05, 0.1) is 18.4 Å². The second-order valence-electron chi connectivity index (χ2n) is 5.81. The Hall–Kier alpha value is -1.40. The van der Waals surface area contributed by atoms with E-state index in [0.29, 0.717) is 13.0 Å². The zero-order valence-electron chi connectivity index (χ0n) is 13.3. The number of hydrogen-bond acceptors (Lipinski definition) is 4.